The number of amides is 3. The zero-order valence-corrected chi connectivity index (χ0v) is 18.4. The first kappa shape index (κ1) is 23.7. The molecule has 0 unspecified atom stereocenters. The van der Waals surface area contributed by atoms with Crippen LogP contribution in [0.5, 0.6) is 0 Å². The van der Waals surface area contributed by atoms with Gasteiger partial charge in [0.05, 0.1) is 21.7 Å². The number of ketones is 1. The van der Waals surface area contributed by atoms with Crippen molar-refractivity contribution in [3.05, 3.63) is 79.9 Å². The Balaban J connectivity index is 1.75. The third-order valence-electron chi connectivity index (χ3n) is 6.30. The lowest BCUT2D eigenvalue weighted by molar-refractivity contribution is -0.385. The number of imide groups is 1. The first-order chi connectivity index (χ1) is 16.7. The summed E-state index contributed by atoms with van der Waals surface area (Å²) in [4.78, 5) is 74.1. The number of hydrazine groups is 1. The second kappa shape index (κ2) is 9.41. The van der Waals surface area contributed by atoms with Crippen LogP contribution >= 0.6 is 0 Å². The first-order valence-corrected chi connectivity index (χ1v) is 10.9. The van der Waals surface area contributed by atoms with E-state index < -0.39 is 63.0 Å². The number of Topliss-reactive ketones (excluding diaryl/α,β-unsaturated/α-hetero) is 1. The minimum atomic E-state index is -1.07. The maximum absolute atomic E-state index is 13.5. The van der Waals surface area contributed by atoms with Gasteiger partial charge in [0.25, 0.3) is 29.1 Å². The standard InChI is InChI=1S/C23H20N4O8/c28-20(14-6-5-7-15(12-14)26(32)33)13-24(21(29)18-10-3-4-11-19(18)27(34)35)25-22(30)16-8-1-2-9-17(16)23(25)31/h3-7,10-12,16-17H,1-2,8-9,13H2/t16-,17+. The molecule has 0 spiro atoms. The highest BCUT2D eigenvalue weighted by Gasteiger charge is 2.52. The number of non-ortho nitro benzene ring substituents is 1. The van der Waals surface area contributed by atoms with Gasteiger partial charge in [-0.15, -0.1) is 0 Å². The van der Waals surface area contributed by atoms with E-state index in [0.29, 0.717) is 22.9 Å². The molecule has 2 atom stereocenters. The zero-order chi connectivity index (χ0) is 25.3. The molecule has 180 valence electrons. The van der Waals surface area contributed by atoms with E-state index in [1.165, 1.54) is 36.4 Å². The van der Waals surface area contributed by atoms with Crippen molar-refractivity contribution in [1.82, 2.24) is 10.0 Å². The number of nitro groups is 2. The summed E-state index contributed by atoms with van der Waals surface area (Å²) in [6.45, 7) is -0.816. The fourth-order valence-electron chi connectivity index (χ4n) is 4.59. The Hall–Kier alpha value is -4.48. The number of fused-ring (bicyclic) bond motifs is 1. The molecule has 1 saturated carbocycles. The van der Waals surface area contributed by atoms with Gasteiger partial charge in [0.1, 0.15) is 12.1 Å². The van der Waals surface area contributed by atoms with Crippen LogP contribution in [0.3, 0.4) is 0 Å². The van der Waals surface area contributed by atoms with Crippen molar-refractivity contribution in [3.63, 3.8) is 0 Å². The normalized spacial score (nSPS) is 19.3. The molecule has 1 aliphatic heterocycles. The Morgan fingerprint density at radius 3 is 2.14 bits per heavy atom. The van der Waals surface area contributed by atoms with Crippen LogP contribution in [-0.4, -0.2) is 49.9 Å². The Bertz CT molecular complexity index is 1240. The third kappa shape index (κ3) is 4.37. The molecule has 0 aromatic heterocycles. The number of nitrogens with zero attached hydrogens (tertiary/aromatic N) is 4. The molecule has 12 nitrogen and oxygen atoms in total. The van der Waals surface area contributed by atoms with Crippen LogP contribution in [-0.2, 0) is 9.59 Å². The zero-order valence-electron chi connectivity index (χ0n) is 18.4. The number of hydrogen-bond acceptors (Lipinski definition) is 8. The summed E-state index contributed by atoms with van der Waals surface area (Å²) >= 11 is 0. The van der Waals surface area contributed by atoms with Gasteiger partial charge in [0.15, 0.2) is 5.78 Å². The lowest BCUT2D eigenvalue weighted by Crippen LogP contribution is -2.52. The minimum Gasteiger partial charge on any atom is -0.292 e. The van der Waals surface area contributed by atoms with Crippen molar-refractivity contribution in [3.8, 4) is 0 Å². The predicted molar refractivity (Wildman–Crippen MR) is 119 cm³/mol. The van der Waals surface area contributed by atoms with Crippen LogP contribution in [0.1, 0.15) is 46.4 Å². The van der Waals surface area contributed by atoms with Gasteiger partial charge in [0.2, 0.25) is 0 Å². The molecular weight excluding hydrogens is 460 g/mol. The fourth-order valence-corrected chi connectivity index (χ4v) is 4.59. The molecule has 2 aliphatic rings. The lowest BCUT2D eigenvalue weighted by atomic mass is 9.81. The molecule has 2 fully saturated rings. The number of hydrogen-bond donors (Lipinski definition) is 0. The SMILES string of the molecule is O=C(CN(C(=O)c1ccccc1[N+](=O)[O-])N1C(=O)[C@H]2CCCC[C@H]2C1=O)c1cccc([N+](=O)[O-])c1. The molecule has 12 heteroatoms. The smallest absolute Gasteiger partial charge is 0.282 e. The van der Waals surface area contributed by atoms with Gasteiger partial charge in [-0.2, -0.15) is 5.01 Å². The van der Waals surface area contributed by atoms with E-state index in [1.54, 1.807) is 0 Å². The molecule has 0 radical (unpaired) electrons. The van der Waals surface area contributed by atoms with Crippen molar-refractivity contribution in [2.24, 2.45) is 11.8 Å². The molecule has 1 heterocycles. The van der Waals surface area contributed by atoms with Crippen LogP contribution in [0, 0.1) is 32.1 Å². The third-order valence-corrected chi connectivity index (χ3v) is 6.30. The molecule has 35 heavy (non-hydrogen) atoms. The highest BCUT2D eigenvalue weighted by molar-refractivity contribution is 6.10. The van der Waals surface area contributed by atoms with E-state index in [0.717, 1.165) is 25.0 Å². The Labute approximate surface area is 198 Å². The molecule has 0 N–H and O–H groups in total. The van der Waals surface area contributed by atoms with Crippen molar-refractivity contribution < 1.29 is 29.0 Å². The summed E-state index contributed by atoms with van der Waals surface area (Å²) in [5.74, 6) is -4.40. The number of rotatable bonds is 7. The van der Waals surface area contributed by atoms with Crippen molar-refractivity contribution in [1.29, 1.82) is 0 Å². The van der Waals surface area contributed by atoms with Gasteiger partial charge in [-0.1, -0.05) is 37.1 Å². The van der Waals surface area contributed by atoms with Crippen molar-refractivity contribution in [2.45, 2.75) is 25.7 Å². The summed E-state index contributed by atoms with van der Waals surface area (Å²) in [6, 6.07) is 9.80. The molecule has 1 saturated heterocycles. The second-order valence-electron chi connectivity index (χ2n) is 8.35. The van der Waals surface area contributed by atoms with Crippen LogP contribution in [0.2, 0.25) is 0 Å². The topological polar surface area (TPSA) is 161 Å². The predicted octanol–water partition coefficient (Wildman–Crippen LogP) is 2.92. The minimum absolute atomic E-state index is 0.115. The maximum Gasteiger partial charge on any atom is 0.282 e. The van der Waals surface area contributed by atoms with Gasteiger partial charge in [0, 0.05) is 23.8 Å². The van der Waals surface area contributed by atoms with Gasteiger partial charge in [-0.25, -0.2) is 5.01 Å². The molecule has 4 rings (SSSR count). The summed E-state index contributed by atoms with van der Waals surface area (Å²) < 4.78 is 0. The summed E-state index contributed by atoms with van der Waals surface area (Å²) in [5, 5.41) is 23.9. The number of nitro benzene ring substituents is 2. The highest BCUT2D eigenvalue weighted by atomic mass is 16.6. The van der Waals surface area contributed by atoms with Crippen LogP contribution < -0.4 is 0 Å². The summed E-state index contributed by atoms with van der Waals surface area (Å²) in [6.07, 6.45) is 2.38. The molecule has 2 aromatic carbocycles. The quantitative estimate of drug-likeness (QED) is 0.253. The number of carbonyl (C=O) groups is 4. The number of benzene rings is 2. The average molecular weight is 480 g/mol. The number of carbonyl (C=O) groups excluding carboxylic acids is 4. The first-order valence-electron chi connectivity index (χ1n) is 10.9. The monoisotopic (exact) mass is 480 g/mol. The molecular formula is C23H20N4O8. The van der Waals surface area contributed by atoms with E-state index in [2.05, 4.69) is 0 Å². The van der Waals surface area contributed by atoms with Crippen LogP contribution in [0.15, 0.2) is 48.5 Å². The second-order valence-corrected chi connectivity index (χ2v) is 8.35. The van der Waals surface area contributed by atoms with Crippen molar-refractivity contribution in [2.75, 3.05) is 6.54 Å². The van der Waals surface area contributed by atoms with E-state index in [4.69, 9.17) is 0 Å². The molecule has 1 aliphatic carbocycles. The number of para-hydroxylation sites is 1. The summed E-state index contributed by atoms with van der Waals surface area (Å²) in [7, 11) is 0. The molecule has 2 aromatic rings. The lowest BCUT2D eigenvalue weighted by Gasteiger charge is -2.30. The molecule has 0 bridgehead atoms. The Morgan fingerprint density at radius 2 is 1.54 bits per heavy atom. The van der Waals surface area contributed by atoms with Crippen LogP contribution in [0.25, 0.3) is 0 Å². The van der Waals surface area contributed by atoms with Gasteiger partial charge in [-0.3, -0.25) is 39.4 Å². The summed E-state index contributed by atoms with van der Waals surface area (Å²) in [5.41, 5.74) is -1.43. The van der Waals surface area contributed by atoms with Crippen molar-refractivity contribution >= 4 is 34.9 Å². The van der Waals surface area contributed by atoms with E-state index in [9.17, 15) is 39.4 Å². The van der Waals surface area contributed by atoms with Gasteiger partial charge in [-0.05, 0) is 18.9 Å². The fraction of sp³-hybridized carbons (Fsp3) is 0.304. The van der Waals surface area contributed by atoms with Crippen LogP contribution in [0.4, 0.5) is 11.4 Å². The van der Waals surface area contributed by atoms with Gasteiger partial charge >= 0.3 is 0 Å². The molecule has 3 amide bonds. The van der Waals surface area contributed by atoms with Gasteiger partial charge < -0.3 is 0 Å². The largest absolute Gasteiger partial charge is 0.292 e. The van der Waals surface area contributed by atoms with E-state index >= 15 is 0 Å². The Morgan fingerprint density at radius 1 is 0.914 bits per heavy atom. The highest BCUT2D eigenvalue weighted by Crippen LogP contribution is 2.39. The van der Waals surface area contributed by atoms with E-state index in [1.807, 2.05) is 0 Å². The average Bonchev–Trinajstić information content (AvgIpc) is 3.12. The maximum atomic E-state index is 13.5. The Kier molecular flexibility index (Phi) is 6.36. The van der Waals surface area contributed by atoms with E-state index in [-0.39, 0.29) is 11.3 Å².